The van der Waals surface area contributed by atoms with Crippen LogP contribution in [-0.4, -0.2) is 72.5 Å². The van der Waals surface area contributed by atoms with Crippen molar-refractivity contribution in [1.29, 1.82) is 0 Å². The molecule has 31 heavy (non-hydrogen) atoms. The smallest absolute Gasteiger partial charge is 0.341 e. The van der Waals surface area contributed by atoms with Crippen molar-refractivity contribution < 1.29 is 38.5 Å². The Hall–Kier alpha value is -3.05. The molecule has 2 aliphatic rings. The normalized spacial score (nSPS) is 19.7. The predicted molar refractivity (Wildman–Crippen MR) is 111 cm³/mol. The van der Waals surface area contributed by atoms with Gasteiger partial charge < -0.3 is 24.6 Å². The summed E-state index contributed by atoms with van der Waals surface area (Å²) in [5.74, 6) is -1.60. The Kier molecular flexibility index (Phi) is 7.53. The number of methoxy groups -OCH3 is 1. The van der Waals surface area contributed by atoms with Crippen molar-refractivity contribution in [3.8, 4) is 11.5 Å². The third-order valence-corrected chi connectivity index (χ3v) is 5.47. The molecule has 2 fully saturated rings. The van der Waals surface area contributed by atoms with Crippen LogP contribution in [0.2, 0.25) is 0 Å². The molecule has 2 N–H and O–H groups in total. The predicted octanol–water partition coefficient (Wildman–Crippen LogP) is 1.49. The molecule has 2 saturated heterocycles. The number of hydrogen-bond donors (Lipinski definition) is 2. The Morgan fingerprint density at radius 1 is 1.35 bits per heavy atom. The first-order valence-electron chi connectivity index (χ1n) is 9.53. The van der Waals surface area contributed by atoms with Gasteiger partial charge in [-0.2, -0.15) is 0 Å². The molecule has 1 aromatic carbocycles. The second-order valence-electron chi connectivity index (χ2n) is 6.80. The molecule has 0 saturated carbocycles. The standard InChI is InChI=1S/C20H22N2O8S/c1-28-15-7-12(4-5-14(15)30-11-18(24)25)8-16-19(26)22(20(27)31-16)10-17(23)21-9-13-3-2-6-29-13/h4-5,7-8,13H,2-3,6,9-11H2,1H3,(H,21,23)(H,24,25)/b16-8-/t13-/m0/s1. The fourth-order valence-electron chi connectivity index (χ4n) is 3.05. The van der Waals surface area contributed by atoms with Crippen molar-refractivity contribution in [2.75, 3.05) is 33.4 Å². The number of nitrogens with one attached hydrogen (secondary N) is 1. The average Bonchev–Trinajstić information content (AvgIpc) is 3.35. The highest BCUT2D eigenvalue weighted by Crippen LogP contribution is 2.34. The van der Waals surface area contributed by atoms with Gasteiger partial charge in [-0.1, -0.05) is 6.07 Å². The van der Waals surface area contributed by atoms with Crippen LogP contribution in [0.1, 0.15) is 18.4 Å². The summed E-state index contributed by atoms with van der Waals surface area (Å²) in [6.45, 7) is 0.135. The minimum absolute atomic E-state index is 0.0313. The van der Waals surface area contributed by atoms with Crippen LogP contribution in [0.5, 0.6) is 11.5 Å². The van der Waals surface area contributed by atoms with E-state index >= 15 is 0 Å². The molecule has 0 aliphatic carbocycles. The molecule has 2 heterocycles. The van der Waals surface area contributed by atoms with Crippen molar-refractivity contribution >= 4 is 40.9 Å². The minimum atomic E-state index is -1.13. The lowest BCUT2D eigenvalue weighted by atomic mass is 10.2. The Labute approximate surface area is 182 Å². The molecule has 11 heteroatoms. The number of aliphatic carboxylic acids is 1. The maximum absolute atomic E-state index is 12.6. The summed E-state index contributed by atoms with van der Waals surface area (Å²) >= 11 is 0.738. The van der Waals surface area contributed by atoms with Crippen LogP contribution in [-0.2, 0) is 19.1 Å². The van der Waals surface area contributed by atoms with Crippen LogP contribution in [0.25, 0.3) is 6.08 Å². The lowest BCUT2D eigenvalue weighted by molar-refractivity contribution is -0.139. The number of hydrogen-bond acceptors (Lipinski definition) is 8. The fourth-order valence-corrected chi connectivity index (χ4v) is 3.89. The van der Waals surface area contributed by atoms with Gasteiger partial charge in [-0.15, -0.1) is 0 Å². The van der Waals surface area contributed by atoms with Crippen molar-refractivity contribution in [2.45, 2.75) is 18.9 Å². The zero-order chi connectivity index (χ0) is 22.4. The number of nitrogens with zero attached hydrogens (tertiary/aromatic N) is 1. The van der Waals surface area contributed by atoms with Gasteiger partial charge in [-0.25, -0.2) is 4.79 Å². The first-order valence-corrected chi connectivity index (χ1v) is 10.4. The van der Waals surface area contributed by atoms with Gasteiger partial charge in [0.25, 0.3) is 11.1 Å². The van der Waals surface area contributed by atoms with Gasteiger partial charge in [0, 0.05) is 13.2 Å². The van der Waals surface area contributed by atoms with E-state index in [2.05, 4.69) is 5.32 Å². The number of thioether (sulfide) groups is 1. The van der Waals surface area contributed by atoms with Crippen molar-refractivity contribution in [1.82, 2.24) is 10.2 Å². The fraction of sp³-hybridized carbons (Fsp3) is 0.400. The van der Waals surface area contributed by atoms with E-state index in [0.717, 1.165) is 29.5 Å². The van der Waals surface area contributed by atoms with Crippen LogP contribution in [0, 0.1) is 0 Å². The van der Waals surface area contributed by atoms with Crippen LogP contribution in [0.4, 0.5) is 4.79 Å². The third kappa shape index (κ3) is 5.98. The lowest BCUT2D eigenvalue weighted by Crippen LogP contribution is -2.41. The SMILES string of the molecule is COc1cc(/C=C2\SC(=O)N(CC(=O)NC[C@@H]3CCCO3)C2=O)ccc1OCC(=O)O. The quantitative estimate of drug-likeness (QED) is 0.537. The van der Waals surface area contributed by atoms with E-state index in [1.807, 2.05) is 0 Å². The highest BCUT2D eigenvalue weighted by molar-refractivity contribution is 8.18. The molecule has 0 aromatic heterocycles. The number of carbonyl (C=O) groups excluding carboxylic acids is 3. The number of imide groups is 1. The summed E-state index contributed by atoms with van der Waals surface area (Å²) in [5, 5.41) is 10.9. The molecule has 3 rings (SSSR count). The topological polar surface area (TPSA) is 131 Å². The lowest BCUT2D eigenvalue weighted by Gasteiger charge is -2.14. The van der Waals surface area contributed by atoms with Gasteiger partial charge in [0.05, 0.1) is 18.1 Å². The van der Waals surface area contributed by atoms with Crippen LogP contribution < -0.4 is 14.8 Å². The van der Waals surface area contributed by atoms with E-state index in [1.165, 1.54) is 19.3 Å². The molecule has 0 bridgehead atoms. The van der Waals surface area contributed by atoms with Gasteiger partial charge in [0.15, 0.2) is 18.1 Å². The molecule has 0 radical (unpaired) electrons. The maximum Gasteiger partial charge on any atom is 0.341 e. The monoisotopic (exact) mass is 450 g/mol. The zero-order valence-corrected chi connectivity index (χ0v) is 17.6. The van der Waals surface area contributed by atoms with Crippen LogP contribution in [0.3, 0.4) is 0 Å². The summed E-state index contributed by atoms with van der Waals surface area (Å²) in [6.07, 6.45) is 3.29. The summed E-state index contributed by atoms with van der Waals surface area (Å²) in [7, 11) is 1.40. The number of benzene rings is 1. The van der Waals surface area contributed by atoms with Crippen molar-refractivity contribution in [2.24, 2.45) is 0 Å². The number of carboxylic acid groups (broad SMARTS) is 1. The minimum Gasteiger partial charge on any atom is -0.493 e. The Balaban J connectivity index is 1.63. The third-order valence-electron chi connectivity index (χ3n) is 4.56. The molecule has 0 spiro atoms. The number of amides is 3. The second-order valence-corrected chi connectivity index (χ2v) is 7.79. The molecule has 3 amide bonds. The summed E-state index contributed by atoms with van der Waals surface area (Å²) in [5.41, 5.74) is 0.549. The van der Waals surface area contributed by atoms with E-state index in [-0.39, 0.29) is 29.1 Å². The molecule has 10 nitrogen and oxygen atoms in total. The zero-order valence-electron chi connectivity index (χ0n) is 16.8. The van der Waals surface area contributed by atoms with Crippen LogP contribution >= 0.6 is 11.8 Å². The summed E-state index contributed by atoms with van der Waals surface area (Å²) < 4.78 is 15.8. The number of carbonyl (C=O) groups is 4. The van der Waals surface area contributed by atoms with Gasteiger partial charge >= 0.3 is 5.97 Å². The van der Waals surface area contributed by atoms with E-state index < -0.39 is 29.6 Å². The van der Waals surface area contributed by atoms with Gasteiger partial charge in [-0.3, -0.25) is 19.3 Å². The van der Waals surface area contributed by atoms with Crippen molar-refractivity contribution in [3.63, 3.8) is 0 Å². The summed E-state index contributed by atoms with van der Waals surface area (Å²) in [6, 6.07) is 4.66. The Morgan fingerprint density at radius 2 is 2.16 bits per heavy atom. The summed E-state index contributed by atoms with van der Waals surface area (Å²) in [4.78, 5) is 48.7. The largest absolute Gasteiger partial charge is 0.493 e. The highest BCUT2D eigenvalue weighted by Gasteiger charge is 2.36. The number of ether oxygens (including phenoxy) is 3. The van der Waals surface area contributed by atoms with Gasteiger partial charge in [0.2, 0.25) is 5.91 Å². The molecular weight excluding hydrogens is 428 g/mol. The molecular formula is C20H22N2O8S. The van der Waals surface area contributed by atoms with E-state index in [1.54, 1.807) is 12.1 Å². The van der Waals surface area contributed by atoms with Gasteiger partial charge in [-0.05, 0) is 48.4 Å². The molecule has 1 atom stereocenters. The second kappa shape index (κ2) is 10.3. The molecule has 0 unspecified atom stereocenters. The van der Waals surface area contributed by atoms with E-state index in [0.29, 0.717) is 18.7 Å². The molecule has 166 valence electrons. The Bertz CT molecular complexity index is 910. The number of carboxylic acids is 1. The molecule has 2 aliphatic heterocycles. The van der Waals surface area contributed by atoms with Gasteiger partial charge in [0.1, 0.15) is 6.54 Å². The highest BCUT2D eigenvalue weighted by atomic mass is 32.2. The van der Waals surface area contributed by atoms with E-state index in [9.17, 15) is 19.2 Å². The van der Waals surface area contributed by atoms with E-state index in [4.69, 9.17) is 19.3 Å². The Morgan fingerprint density at radius 3 is 2.84 bits per heavy atom. The first kappa shape index (κ1) is 22.6. The number of rotatable bonds is 9. The molecule has 1 aromatic rings. The van der Waals surface area contributed by atoms with Crippen LogP contribution in [0.15, 0.2) is 23.1 Å². The first-order chi connectivity index (χ1) is 14.9. The van der Waals surface area contributed by atoms with Crippen molar-refractivity contribution in [3.05, 3.63) is 28.7 Å². The maximum atomic E-state index is 12.6. The average molecular weight is 450 g/mol.